The Balaban J connectivity index is 2.38. The fourth-order valence-corrected chi connectivity index (χ4v) is 2.59. The lowest BCUT2D eigenvalue weighted by atomic mass is 10.5. The van der Waals surface area contributed by atoms with Crippen LogP contribution >= 0.6 is 23.5 Å². The van der Waals surface area contributed by atoms with Gasteiger partial charge in [0.1, 0.15) is 5.03 Å². The van der Waals surface area contributed by atoms with Crippen LogP contribution in [0.1, 0.15) is 26.7 Å². The Bertz CT molecular complexity index is 446. The van der Waals surface area contributed by atoms with Gasteiger partial charge in [-0.3, -0.25) is 9.59 Å². The summed E-state index contributed by atoms with van der Waals surface area (Å²) in [6.45, 7) is 4.75. The molecule has 0 bridgehead atoms. The summed E-state index contributed by atoms with van der Waals surface area (Å²) in [6, 6.07) is 1.72. The van der Waals surface area contributed by atoms with Gasteiger partial charge in [-0.15, -0.1) is 0 Å². The molecular weight excluding hydrogens is 324 g/mol. The zero-order valence-electron chi connectivity index (χ0n) is 12.7. The van der Waals surface area contributed by atoms with E-state index in [1.165, 1.54) is 23.5 Å². The summed E-state index contributed by atoms with van der Waals surface area (Å²) in [7, 11) is 0. The largest absolute Gasteiger partial charge is 0.465 e. The summed E-state index contributed by atoms with van der Waals surface area (Å²) in [4.78, 5) is 31.2. The zero-order chi connectivity index (χ0) is 16.2. The van der Waals surface area contributed by atoms with E-state index in [4.69, 9.17) is 9.47 Å². The minimum atomic E-state index is -0.281. The van der Waals surface area contributed by atoms with Gasteiger partial charge in [-0.05, 0) is 18.9 Å². The predicted octanol–water partition coefficient (Wildman–Crippen LogP) is 2.57. The third-order valence-corrected chi connectivity index (χ3v) is 3.94. The van der Waals surface area contributed by atoms with Crippen LogP contribution in [0.3, 0.4) is 0 Å². The average Bonchev–Trinajstić information content (AvgIpc) is 2.54. The number of hydrogen-bond donors (Lipinski definition) is 0. The topological polar surface area (TPSA) is 78.4 Å². The molecule has 0 aliphatic carbocycles. The number of rotatable bonds is 10. The number of hydrogen-bond acceptors (Lipinski definition) is 8. The lowest BCUT2D eigenvalue weighted by Gasteiger charge is -2.04. The highest BCUT2D eigenvalue weighted by molar-refractivity contribution is 8.00. The van der Waals surface area contributed by atoms with Crippen molar-refractivity contribution in [1.29, 1.82) is 0 Å². The maximum absolute atomic E-state index is 11.4. The van der Waals surface area contributed by atoms with E-state index in [9.17, 15) is 9.59 Å². The number of ether oxygens (including phenoxy) is 2. The van der Waals surface area contributed by atoms with Gasteiger partial charge in [-0.2, -0.15) is 0 Å². The van der Waals surface area contributed by atoms with Crippen molar-refractivity contribution in [2.75, 3.05) is 24.7 Å². The molecule has 1 aromatic rings. The molecule has 1 aromatic heterocycles. The Morgan fingerprint density at radius 2 is 1.64 bits per heavy atom. The van der Waals surface area contributed by atoms with Gasteiger partial charge in [0.15, 0.2) is 5.16 Å². The Hall–Kier alpha value is -1.28. The highest BCUT2D eigenvalue weighted by Crippen LogP contribution is 2.19. The van der Waals surface area contributed by atoms with Crippen LogP contribution in [0.15, 0.2) is 22.4 Å². The van der Waals surface area contributed by atoms with Crippen molar-refractivity contribution in [3.8, 4) is 0 Å². The molecule has 8 heteroatoms. The summed E-state index contributed by atoms with van der Waals surface area (Å²) in [5.41, 5.74) is 0. The first-order valence-corrected chi connectivity index (χ1v) is 9.02. The fraction of sp³-hybridized carbons (Fsp3) is 0.571. The molecule has 0 fully saturated rings. The Morgan fingerprint density at radius 3 is 2.23 bits per heavy atom. The number of nitrogens with zero attached hydrogens (tertiary/aromatic N) is 2. The van der Waals surface area contributed by atoms with Crippen LogP contribution in [0, 0.1) is 0 Å². The van der Waals surface area contributed by atoms with E-state index < -0.39 is 0 Å². The van der Waals surface area contributed by atoms with Crippen LogP contribution in [0.5, 0.6) is 0 Å². The Morgan fingerprint density at radius 1 is 1.05 bits per heavy atom. The van der Waals surface area contributed by atoms with Crippen LogP contribution < -0.4 is 0 Å². The van der Waals surface area contributed by atoms with Crippen molar-refractivity contribution >= 4 is 35.5 Å². The van der Waals surface area contributed by atoms with Crippen LogP contribution in [0.25, 0.3) is 0 Å². The molecule has 1 heterocycles. The van der Waals surface area contributed by atoms with Crippen LogP contribution in [0.4, 0.5) is 0 Å². The van der Waals surface area contributed by atoms with Crippen molar-refractivity contribution in [2.24, 2.45) is 0 Å². The quantitative estimate of drug-likeness (QED) is 0.277. The molecule has 0 radical (unpaired) electrons. The predicted molar refractivity (Wildman–Crippen MR) is 86.0 cm³/mol. The molecule has 6 nitrogen and oxygen atoms in total. The SMILES string of the molecule is CCCOC(=O)CSc1ccnc(SCC(=O)OCCC)n1. The molecule has 0 aliphatic rings. The van der Waals surface area contributed by atoms with Gasteiger partial charge in [0, 0.05) is 6.20 Å². The van der Waals surface area contributed by atoms with Crippen molar-refractivity contribution in [2.45, 2.75) is 36.9 Å². The van der Waals surface area contributed by atoms with E-state index >= 15 is 0 Å². The molecule has 122 valence electrons. The summed E-state index contributed by atoms with van der Waals surface area (Å²) < 4.78 is 9.97. The fourth-order valence-electron chi connectivity index (χ4n) is 1.25. The van der Waals surface area contributed by atoms with E-state index in [0.717, 1.165) is 12.8 Å². The molecule has 0 spiro atoms. The second-order valence-corrected chi connectivity index (χ2v) is 6.13. The minimum absolute atomic E-state index is 0.173. The molecule has 1 rings (SSSR count). The minimum Gasteiger partial charge on any atom is -0.465 e. The molecule has 0 amide bonds. The van der Waals surface area contributed by atoms with Crippen molar-refractivity contribution in [3.63, 3.8) is 0 Å². The average molecular weight is 344 g/mol. The number of carbonyl (C=O) groups is 2. The van der Waals surface area contributed by atoms with Crippen LogP contribution in [-0.2, 0) is 19.1 Å². The first kappa shape index (κ1) is 18.8. The normalized spacial score (nSPS) is 10.3. The standard InChI is InChI=1S/C14H20N2O4S2/c1-3-7-19-12(17)9-21-11-5-6-15-14(16-11)22-10-13(18)20-8-4-2/h5-6H,3-4,7-10H2,1-2H3. The first-order valence-electron chi connectivity index (χ1n) is 7.05. The Labute approximate surface area is 138 Å². The highest BCUT2D eigenvalue weighted by Gasteiger charge is 2.08. The maximum atomic E-state index is 11.4. The van der Waals surface area contributed by atoms with Crippen LogP contribution in [-0.4, -0.2) is 46.6 Å². The Kier molecular flexibility index (Phi) is 9.65. The van der Waals surface area contributed by atoms with Gasteiger partial charge in [-0.1, -0.05) is 37.4 Å². The van der Waals surface area contributed by atoms with Crippen molar-refractivity contribution in [3.05, 3.63) is 12.3 Å². The van der Waals surface area contributed by atoms with E-state index in [1.54, 1.807) is 12.3 Å². The van der Waals surface area contributed by atoms with Gasteiger partial charge in [0.05, 0.1) is 24.7 Å². The first-order chi connectivity index (χ1) is 10.7. The monoisotopic (exact) mass is 344 g/mol. The summed E-state index contributed by atoms with van der Waals surface area (Å²) in [5, 5.41) is 1.16. The van der Waals surface area contributed by atoms with E-state index in [1.807, 2.05) is 13.8 Å². The molecular formula is C14H20N2O4S2. The molecule has 0 saturated heterocycles. The lowest BCUT2D eigenvalue weighted by molar-refractivity contribution is -0.141. The molecule has 0 unspecified atom stereocenters. The third-order valence-electron chi connectivity index (χ3n) is 2.20. The molecule has 0 aromatic carbocycles. The number of carbonyl (C=O) groups excluding carboxylic acids is 2. The van der Waals surface area contributed by atoms with E-state index in [2.05, 4.69) is 9.97 Å². The number of esters is 2. The van der Waals surface area contributed by atoms with Crippen LogP contribution in [0.2, 0.25) is 0 Å². The molecule has 0 atom stereocenters. The van der Waals surface area contributed by atoms with Crippen molar-refractivity contribution < 1.29 is 19.1 Å². The molecule has 0 aliphatic heterocycles. The zero-order valence-corrected chi connectivity index (χ0v) is 14.4. The van der Waals surface area contributed by atoms with Gasteiger partial charge in [0.2, 0.25) is 0 Å². The van der Waals surface area contributed by atoms with Gasteiger partial charge in [0.25, 0.3) is 0 Å². The number of aromatic nitrogens is 2. The second-order valence-electron chi connectivity index (χ2n) is 4.20. The molecule has 0 saturated carbocycles. The molecule has 22 heavy (non-hydrogen) atoms. The summed E-state index contributed by atoms with van der Waals surface area (Å²) in [6.07, 6.45) is 3.21. The summed E-state index contributed by atoms with van der Waals surface area (Å²) >= 11 is 2.50. The second kappa shape index (κ2) is 11.3. The molecule has 0 N–H and O–H groups in total. The maximum Gasteiger partial charge on any atom is 0.316 e. The number of thioether (sulfide) groups is 2. The highest BCUT2D eigenvalue weighted by atomic mass is 32.2. The van der Waals surface area contributed by atoms with E-state index in [-0.39, 0.29) is 23.4 Å². The van der Waals surface area contributed by atoms with Gasteiger partial charge in [-0.25, -0.2) is 9.97 Å². The van der Waals surface area contributed by atoms with E-state index in [0.29, 0.717) is 23.4 Å². The lowest BCUT2D eigenvalue weighted by Crippen LogP contribution is -2.09. The smallest absolute Gasteiger partial charge is 0.316 e. The van der Waals surface area contributed by atoms with Gasteiger partial charge < -0.3 is 9.47 Å². The van der Waals surface area contributed by atoms with Gasteiger partial charge >= 0.3 is 11.9 Å². The summed E-state index contributed by atoms with van der Waals surface area (Å²) in [5.74, 6) is -0.161. The third kappa shape index (κ3) is 8.23. The van der Waals surface area contributed by atoms with Crippen molar-refractivity contribution in [1.82, 2.24) is 9.97 Å².